The standard InChI is InChI=1S/C21H15F3N6O3/c1-29-14(8-16(27-29)21(22,23)24)11-6-7-17-25-20(28-30(17)10-11)26-18(31)9-15-12-4-2-3-5-13(12)19(32)33-15/h2-8,10,15H,9H2,1H3,(H,26,28,31)/t15-/m0/s1. The molecule has 168 valence electrons. The number of halogens is 3. The van der Waals surface area contributed by atoms with Crippen LogP contribution < -0.4 is 5.32 Å². The lowest BCUT2D eigenvalue weighted by Gasteiger charge is -2.09. The van der Waals surface area contributed by atoms with Crippen molar-refractivity contribution in [1.82, 2.24) is 24.4 Å². The number of benzene rings is 1. The number of aryl methyl sites for hydroxylation is 1. The Labute approximate surface area is 183 Å². The number of esters is 1. The van der Waals surface area contributed by atoms with Gasteiger partial charge in [-0.2, -0.15) is 23.3 Å². The number of pyridine rings is 1. The minimum Gasteiger partial charge on any atom is -0.453 e. The molecule has 0 saturated carbocycles. The van der Waals surface area contributed by atoms with Gasteiger partial charge in [0.2, 0.25) is 11.9 Å². The van der Waals surface area contributed by atoms with Crippen LogP contribution in [0.5, 0.6) is 0 Å². The van der Waals surface area contributed by atoms with E-state index in [9.17, 15) is 22.8 Å². The lowest BCUT2D eigenvalue weighted by atomic mass is 10.0. The molecule has 0 fully saturated rings. The molecule has 1 aliphatic rings. The molecule has 1 aromatic carbocycles. The monoisotopic (exact) mass is 456 g/mol. The Bertz CT molecular complexity index is 1410. The molecule has 0 saturated heterocycles. The van der Waals surface area contributed by atoms with Crippen molar-refractivity contribution in [1.29, 1.82) is 0 Å². The molecule has 4 aromatic rings. The van der Waals surface area contributed by atoms with Crippen LogP contribution in [-0.2, 0) is 22.8 Å². The van der Waals surface area contributed by atoms with Crippen molar-refractivity contribution in [2.45, 2.75) is 18.7 Å². The molecular weight excluding hydrogens is 441 g/mol. The number of cyclic esters (lactones) is 1. The highest BCUT2D eigenvalue weighted by molar-refractivity contribution is 5.96. The first kappa shape index (κ1) is 20.7. The van der Waals surface area contributed by atoms with E-state index in [1.165, 1.54) is 17.8 Å². The summed E-state index contributed by atoms with van der Waals surface area (Å²) in [6.07, 6.45) is -3.88. The first-order chi connectivity index (χ1) is 15.7. The second-order valence-corrected chi connectivity index (χ2v) is 7.43. The van der Waals surface area contributed by atoms with Crippen LogP contribution in [0.15, 0.2) is 48.7 Å². The molecule has 5 rings (SSSR count). The lowest BCUT2D eigenvalue weighted by Crippen LogP contribution is -2.16. The maximum atomic E-state index is 13.0. The number of aromatic nitrogens is 5. The van der Waals surface area contributed by atoms with Gasteiger partial charge in [-0.3, -0.25) is 14.8 Å². The zero-order chi connectivity index (χ0) is 23.3. The Balaban J connectivity index is 1.34. The van der Waals surface area contributed by atoms with Gasteiger partial charge in [-0.05, 0) is 24.3 Å². The molecule has 12 heteroatoms. The van der Waals surface area contributed by atoms with Crippen LogP contribution in [-0.4, -0.2) is 36.3 Å². The molecular formula is C21H15F3N6O3. The van der Waals surface area contributed by atoms with Gasteiger partial charge in [-0.25, -0.2) is 9.31 Å². The topological polar surface area (TPSA) is 103 Å². The van der Waals surface area contributed by atoms with Gasteiger partial charge < -0.3 is 4.74 Å². The Kier molecular flexibility index (Phi) is 4.65. The molecule has 1 aliphatic heterocycles. The summed E-state index contributed by atoms with van der Waals surface area (Å²) in [6.45, 7) is 0. The van der Waals surface area contributed by atoms with Crippen molar-refractivity contribution in [2.24, 2.45) is 7.05 Å². The fourth-order valence-electron chi connectivity index (χ4n) is 3.68. The number of alkyl halides is 3. The van der Waals surface area contributed by atoms with E-state index >= 15 is 0 Å². The Hall–Kier alpha value is -4.22. The number of anilines is 1. The largest absolute Gasteiger partial charge is 0.453 e. The number of ether oxygens (including phenoxy) is 1. The van der Waals surface area contributed by atoms with Crippen molar-refractivity contribution in [3.05, 3.63) is 65.5 Å². The van der Waals surface area contributed by atoms with E-state index in [1.807, 2.05) is 0 Å². The molecule has 1 N–H and O–H groups in total. The minimum absolute atomic E-state index is 0.00995. The minimum atomic E-state index is -4.56. The van der Waals surface area contributed by atoms with Gasteiger partial charge in [-0.1, -0.05) is 18.2 Å². The summed E-state index contributed by atoms with van der Waals surface area (Å²) in [5.74, 6) is -0.927. The van der Waals surface area contributed by atoms with Gasteiger partial charge in [-0.15, -0.1) is 5.10 Å². The predicted molar refractivity (Wildman–Crippen MR) is 108 cm³/mol. The lowest BCUT2D eigenvalue weighted by molar-refractivity contribution is -0.141. The van der Waals surface area contributed by atoms with Crippen LogP contribution in [0, 0.1) is 0 Å². The second-order valence-electron chi connectivity index (χ2n) is 7.43. The SMILES string of the molecule is Cn1nc(C(F)(F)F)cc1-c1ccc2nc(NC(=O)C[C@@H]3OC(=O)c4ccccc43)nn2c1. The third-order valence-corrected chi connectivity index (χ3v) is 5.20. The Morgan fingerprint density at radius 2 is 1.97 bits per heavy atom. The summed E-state index contributed by atoms with van der Waals surface area (Å²) in [7, 11) is 1.41. The van der Waals surface area contributed by atoms with E-state index in [1.54, 1.807) is 36.4 Å². The second kappa shape index (κ2) is 7.43. The maximum Gasteiger partial charge on any atom is 0.435 e. The van der Waals surface area contributed by atoms with Crippen LogP contribution in [0.2, 0.25) is 0 Å². The van der Waals surface area contributed by atoms with E-state index in [0.29, 0.717) is 22.3 Å². The van der Waals surface area contributed by atoms with Gasteiger partial charge in [0.25, 0.3) is 0 Å². The van der Waals surface area contributed by atoms with Crippen molar-refractivity contribution in [2.75, 3.05) is 5.32 Å². The summed E-state index contributed by atoms with van der Waals surface area (Å²) >= 11 is 0. The molecule has 1 atom stereocenters. The highest BCUT2D eigenvalue weighted by Gasteiger charge is 2.35. The maximum absolute atomic E-state index is 13.0. The molecule has 0 spiro atoms. The van der Waals surface area contributed by atoms with Crippen molar-refractivity contribution >= 4 is 23.5 Å². The van der Waals surface area contributed by atoms with Gasteiger partial charge in [0.15, 0.2) is 11.3 Å². The fraction of sp³-hybridized carbons (Fsp3) is 0.190. The third kappa shape index (κ3) is 3.79. The van der Waals surface area contributed by atoms with Crippen LogP contribution in [0.1, 0.15) is 34.1 Å². The van der Waals surface area contributed by atoms with Crippen molar-refractivity contribution in [3.63, 3.8) is 0 Å². The molecule has 0 bridgehead atoms. The van der Waals surface area contributed by atoms with Gasteiger partial charge in [0.1, 0.15) is 6.10 Å². The molecule has 0 unspecified atom stereocenters. The number of rotatable bonds is 4. The fourth-order valence-corrected chi connectivity index (χ4v) is 3.68. The molecule has 33 heavy (non-hydrogen) atoms. The number of carbonyl (C=O) groups is 2. The first-order valence-corrected chi connectivity index (χ1v) is 9.77. The summed E-state index contributed by atoms with van der Waals surface area (Å²) < 4.78 is 46.6. The average Bonchev–Trinajstić information content (AvgIpc) is 3.43. The smallest absolute Gasteiger partial charge is 0.435 e. The van der Waals surface area contributed by atoms with Gasteiger partial charge >= 0.3 is 12.1 Å². The number of nitrogens with zero attached hydrogens (tertiary/aromatic N) is 5. The number of hydrogen-bond acceptors (Lipinski definition) is 6. The van der Waals surface area contributed by atoms with E-state index in [2.05, 4.69) is 20.5 Å². The summed E-state index contributed by atoms with van der Waals surface area (Å²) in [5, 5.41) is 10.2. The number of nitrogens with one attached hydrogen (secondary N) is 1. The number of amides is 1. The summed E-state index contributed by atoms with van der Waals surface area (Å²) in [4.78, 5) is 28.6. The van der Waals surface area contributed by atoms with Crippen LogP contribution in [0.4, 0.5) is 19.1 Å². The van der Waals surface area contributed by atoms with Crippen molar-refractivity contribution in [3.8, 4) is 11.3 Å². The summed E-state index contributed by atoms with van der Waals surface area (Å²) in [5.41, 5.74) is 1.13. The van der Waals surface area contributed by atoms with Gasteiger partial charge in [0, 0.05) is 24.4 Å². The zero-order valence-electron chi connectivity index (χ0n) is 17.0. The predicted octanol–water partition coefficient (Wildman–Crippen LogP) is 3.39. The average molecular weight is 456 g/mol. The van der Waals surface area contributed by atoms with E-state index in [-0.39, 0.29) is 18.1 Å². The Morgan fingerprint density at radius 3 is 2.73 bits per heavy atom. The normalized spacial score (nSPS) is 15.5. The molecule has 0 aliphatic carbocycles. The van der Waals surface area contributed by atoms with Crippen LogP contribution >= 0.6 is 0 Å². The highest BCUT2D eigenvalue weighted by Crippen LogP contribution is 2.33. The zero-order valence-corrected chi connectivity index (χ0v) is 17.0. The highest BCUT2D eigenvalue weighted by atomic mass is 19.4. The summed E-state index contributed by atoms with van der Waals surface area (Å²) in [6, 6.07) is 10.9. The van der Waals surface area contributed by atoms with Crippen LogP contribution in [0.25, 0.3) is 16.9 Å². The van der Waals surface area contributed by atoms with E-state index in [0.717, 1.165) is 10.7 Å². The molecule has 1 amide bonds. The first-order valence-electron chi connectivity index (χ1n) is 9.77. The number of hydrogen-bond donors (Lipinski definition) is 1. The van der Waals surface area contributed by atoms with E-state index < -0.39 is 29.9 Å². The molecule has 0 radical (unpaired) electrons. The van der Waals surface area contributed by atoms with Crippen LogP contribution in [0.3, 0.4) is 0 Å². The number of fused-ring (bicyclic) bond motifs is 2. The Morgan fingerprint density at radius 1 is 1.18 bits per heavy atom. The molecule has 4 heterocycles. The quantitative estimate of drug-likeness (QED) is 0.472. The number of carbonyl (C=O) groups excluding carboxylic acids is 2. The molecule has 3 aromatic heterocycles. The van der Waals surface area contributed by atoms with E-state index in [4.69, 9.17) is 4.74 Å². The molecule has 9 nitrogen and oxygen atoms in total. The van der Waals surface area contributed by atoms with Crippen molar-refractivity contribution < 1.29 is 27.5 Å². The van der Waals surface area contributed by atoms with Gasteiger partial charge in [0.05, 0.1) is 17.7 Å². The third-order valence-electron chi connectivity index (χ3n) is 5.20.